The molecular weight excluding hydrogens is 290 g/mol. The van der Waals surface area contributed by atoms with E-state index in [0.29, 0.717) is 12.6 Å². The van der Waals surface area contributed by atoms with Gasteiger partial charge in [-0.05, 0) is 38.0 Å². The molecular formula is C15H20BrNO. The number of hydrogen-bond donors (Lipinski definition) is 1. The molecule has 0 bridgehead atoms. The zero-order chi connectivity index (χ0) is 13.0. The van der Waals surface area contributed by atoms with Gasteiger partial charge in [0, 0.05) is 29.0 Å². The van der Waals surface area contributed by atoms with Gasteiger partial charge in [-0.1, -0.05) is 21.5 Å². The molecule has 3 heteroatoms. The Morgan fingerprint density at radius 3 is 2.94 bits per heavy atom. The van der Waals surface area contributed by atoms with Crippen LogP contribution in [-0.4, -0.2) is 12.6 Å². The highest BCUT2D eigenvalue weighted by atomic mass is 79.9. The van der Waals surface area contributed by atoms with Crippen molar-refractivity contribution >= 4 is 15.9 Å². The monoisotopic (exact) mass is 309 g/mol. The molecule has 2 rings (SSSR count). The van der Waals surface area contributed by atoms with E-state index in [2.05, 4.69) is 33.9 Å². The van der Waals surface area contributed by atoms with Crippen molar-refractivity contribution in [3.63, 3.8) is 0 Å². The van der Waals surface area contributed by atoms with Crippen molar-refractivity contribution in [2.45, 2.75) is 38.8 Å². The van der Waals surface area contributed by atoms with Crippen molar-refractivity contribution in [3.05, 3.63) is 40.4 Å². The van der Waals surface area contributed by atoms with E-state index in [9.17, 15) is 0 Å². The molecule has 1 aliphatic rings. The molecule has 1 saturated carbocycles. The molecule has 98 valence electrons. The van der Waals surface area contributed by atoms with Crippen LogP contribution in [0.1, 0.15) is 31.7 Å². The van der Waals surface area contributed by atoms with Crippen LogP contribution in [0.15, 0.2) is 34.8 Å². The molecule has 0 saturated heterocycles. The lowest BCUT2D eigenvalue weighted by Crippen LogP contribution is -2.16. The van der Waals surface area contributed by atoms with E-state index >= 15 is 0 Å². The fraction of sp³-hybridized carbons (Fsp3) is 0.467. The summed E-state index contributed by atoms with van der Waals surface area (Å²) < 4.78 is 6.93. The molecule has 0 heterocycles. The Morgan fingerprint density at radius 2 is 2.28 bits per heavy atom. The van der Waals surface area contributed by atoms with E-state index in [1.54, 1.807) is 0 Å². The Bertz CT molecular complexity index is 427. The number of benzene rings is 1. The molecule has 1 aromatic rings. The fourth-order valence-corrected chi connectivity index (χ4v) is 2.11. The van der Waals surface area contributed by atoms with E-state index in [1.807, 2.05) is 19.1 Å². The first-order chi connectivity index (χ1) is 8.65. The van der Waals surface area contributed by atoms with Gasteiger partial charge in [0.2, 0.25) is 0 Å². The van der Waals surface area contributed by atoms with Crippen LogP contribution in [0.5, 0.6) is 5.75 Å². The first-order valence-electron chi connectivity index (χ1n) is 6.44. The molecule has 1 aliphatic carbocycles. The van der Waals surface area contributed by atoms with Gasteiger partial charge in [-0.2, -0.15) is 0 Å². The van der Waals surface area contributed by atoms with E-state index < -0.39 is 0 Å². The van der Waals surface area contributed by atoms with Gasteiger partial charge in [0.05, 0.1) is 6.61 Å². The third-order valence-corrected chi connectivity index (χ3v) is 3.46. The molecule has 0 spiro atoms. The van der Waals surface area contributed by atoms with Crippen molar-refractivity contribution in [3.8, 4) is 5.75 Å². The van der Waals surface area contributed by atoms with Crippen LogP contribution in [0.25, 0.3) is 0 Å². The number of ether oxygens (including phenoxy) is 1. The van der Waals surface area contributed by atoms with Gasteiger partial charge in [0.25, 0.3) is 0 Å². The number of hydrogen-bond acceptors (Lipinski definition) is 2. The summed E-state index contributed by atoms with van der Waals surface area (Å²) in [6.07, 6.45) is 3.52. The quantitative estimate of drug-likeness (QED) is 0.767. The van der Waals surface area contributed by atoms with Crippen molar-refractivity contribution in [2.24, 2.45) is 0 Å². The highest BCUT2D eigenvalue weighted by Crippen LogP contribution is 2.25. The summed E-state index contributed by atoms with van der Waals surface area (Å²) >= 11 is 3.51. The van der Waals surface area contributed by atoms with E-state index in [0.717, 1.165) is 28.8 Å². The average Bonchev–Trinajstić information content (AvgIpc) is 3.12. The summed E-state index contributed by atoms with van der Waals surface area (Å²) in [6.45, 7) is 7.50. The van der Waals surface area contributed by atoms with Crippen LogP contribution >= 0.6 is 15.9 Å². The SMILES string of the molecule is C=C(C)CCOc1ccc(Br)cc1CNC1CC1. The van der Waals surface area contributed by atoms with Crippen LogP contribution in [0.3, 0.4) is 0 Å². The summed E-state index contributed by atoms with van der Waals surface area (Å²) in [5.41, 5.74) is 2.38. The topological polar surface area (TPSA) is 21.3 Å². The smallest absolute Gasteiger partial charge is 0.123 e. The van der Waals surface area contributed by atoms with Crippen LogP contribution in [-0.2, 0) is 6.54 Å². The third kappa shape index (κ3) is 4.46. The summed E-state index contributed by atoms with van der Waals surface area (Å²) in [7, 11) is 0. The highest BCUT2D eigenvalue weighted by Gasteiger charge is 2.20. The Morgan fingerprint density at radius 1 is 1.50 bits per heavy atom. The summed E-state index contributed by atoms with van der Waals surface area (Å²) in [6, 6.07) is 6.90. The molecule has 0 radical (unpaired) electrons. The molecule has 1 aromatic carbocycles. The standard InChI is InChI=1S/C15H20BrNO/c1-11(2)7-8-18-15-6-3-13(16)9-12(15)10-17-14-4-5-14/h3,6,9,14,17H,1,4-5,7-8,10H2,2H3. The van der Waals surface area contributed by atoms with Gasteiger partial charge in [0.1, 0.15) is 5.75 Å². The zero-order valence-corrected chi connectivity index (χ0v) is 12.4. The van der Waals surface area contributed by atoms with Crippen molar-refractivity contribution < 1.29 is 4.74 Å². The predicted molar refractivity (Wildman–Crippen MR) is 78.9 cm³/mol. The Balaban J connectivity index is 1.94. The lowest BCUT2D eigenvalue weighted by atomic mass is 10.2. The fourth-order valence-electron chi connectivity index (χ4n) is 1.70. The molecule has 0 atom stereocenters. The predicted octanol–water partition coefficient (Wildman–Crippen LogP) is 4.05. The lowest BCUT2D eigenvalue weighted by molar-refractivity contribution is 0.317. The molecule has 0 aromatic heterocycles. The van der Waals surface area contributed by atoms with Crippen LogP contribution in [0.2, 0.25) is 0 Å². The van der Waals surface area contributed by atoms with Gasteiger partial charge in [0.15, 0.2) is 0 Å². The molecule has 0 aliphatic heterocycles. The number of nitrogens with one attached hydrogen (secondary N) is 1. The minimum Gasteiger partial charge on any atom is -0.493 e. The summed E-state index contributed by atoms with van der Waals surface area (Å²) in [5.74, 6) is 0.979. The minimum absolute atomic E-state index is 0.702. The molecule has 1 fully saturated rings. The second kappa shape index (κ2) is 6.39. The van der Waals surface area contributed by atoms with Crippen molar-refractivity contribution in [1.29, 1.82) is 0 Å². The van der Waals surface area contributed by atoms with Gasteiger partial charge in [-0.25, -0.2) is 0 Å². The van der Waals surface area contributed by atoms with E-state index in [4.69, 9.17) is 4.74 Å². The van der Waals surface area contributed by atoms with Crippen LogP contribution in [0, 0.1) is 0 Å². The van der Waals surface area contributed by atoms with Crippen LogP contribution < -0.4 is 10.1 Å². The second-order valence-electron chi connectivity index (χ2n) is 4.96. The van der Waals surface area contributed by atoms with Crippen molar-refractivity contribution in [2.75, 3.05) is 6.61 Å². The molecule has 1 N–H and O–H groups in total. The van der Waals surface area contributed by atoms with E-state index in [-0.39, 0.29) is 0 Å². The normalized spacial score (nSPS) is 14.6. The lowest BCUT2D eigenvalue weighted by Gasteiger charge is -2.12. The Hall–Kier alpha value is -0.800. The van der Waals surface area contributed by atoms with Crippen molar-refractivity contribution in [1.82, 2.24) is 5.32 Å². The maximum atomic E-state index is 5.83. The third-order valence-electron chi connectivity index (χ3n) is 2.97. The summed E-state index contributed by atoms with van der Waals surface area (Å²) in [5, 5.41) is 3.52. The van der Waals surface area contributed by atoms with Gasteiger partial charge >= 0.3 is 0 Å². The van der Waals surface area contributed by atoms with Gasteiger partial charge in [-0.15, -0.1) is 6.58 Å². The molecule has 18 heavy (non-hydrogen) atoms. The molecule has 2 nitrogen and oxygen atoms in total. The average molecular weight is 310 g/mol. The molecule has 0 unspecified atom stereocenters. The maximum Gasteiger partial charge on any atom is 0.123 e. The number of halogens is 1. The van der Waals surface area contributed by atoms with Gasteiger partial charge < -0.3 is 10.1 Å². The maximum absolute atomic E-state index is 5.83. The highest BCUT2D eigenvalue weighted by molar-refractivity contribution is 9.10. The zero-order valence-electron chi connectivity index (χ0n) is 10.8. The summed E-state index contributed by atoms with van der Waals surface area (Å²) in [4.78, 5) is 0. The molecule has 0 amide bonds. The largest absolute Gasteiger partial charge is 0.493 e. The Kier molecular flexibility index (Phi) is 4.84. The first kappa shape index (κ1) is 13.6. The van der Waals surface area contributed by atoms with Crippen LogP contribution in [0.4, 0.5) is 0 Å². The van der Waals surface area contributed by atoms with Gasteiger partial charge in [-0.3, -0.25) is 0 Å². The first-order valence-corrected chi connectivity index (χ1v) is 7.23. The van der Waals surface area contributed by atoms with E-state index in [1.165, 1.54) is 18.4 Å². The second-order valence-corrected chi connectivity index (χ2v) is 5.88. The minimum atomic E-state index is 0.702. The number of rotatable bonds is 7. The Labute approximate surface area is 118 Å².